The SMILES string of the molecule is O=C(Cc1cccs1)Nc1nc2c(s1)CNC2. The van der Waals surface area contributed by atoms with Crippen molar-refractivity contribution in [1.82, 2.24) is 10.3 Å². The number of aromatic nitrogens is 1. The second-order valence-electron chi connectivity index (χ2n) is 3.80. The van der Waals surface area contributed by atoms with E-state index in [1.165, 1.54) is 4.88 Å². The summed E-state index contributed by atoms with van der Waals surface area (Å²) in [4.78, 5) is 18.5. The van der Waals surface area contributed by atoms with Crippen LogP contribution in [0.1, 0.15) is 15.4 Å². The molecule has 6 heteroatoms. The number of anilines is 1. The number of rotatable bonds is 3. The Bertz CT molecular complexity index is 511. The molecule has 0 saturated carbocycles. The standard InChI is InChI=1S/C11H11N3OS2/c15-10(4-7-2-1-3-16-7)14-11-13-8-5-12-6-9(8)17-11/h1-3,12H,4-6H2,(H,13,14,15). The van der Waals surface area contributed by atoms with E-state index in [1.807, 2.05) is 17.5 Å². The molecule has 17 heavy (non-hydrogen) atoms. The molecule has 3 heterocycles. The number of thiophene rings is 1. The van der Waals surface area contributed by atoms with Crippen molar-refractivity contribution < 1.29 is 4.79 Å². The normalized spacial score (nSPS) is 13.6. The van der Waals surface area contributed by atoms with E-state index in [0.717, 1.165) is 28.8 Å². The van der Waals surface area contributed by atoms with Crippen LogP contribution in [-0.4, -0.2) is 10.9 Å². The van der Waals surface area contributed by atoms with Gasteiger partial charge in [0.1, 0.15) is 0 Å². The molecule has 0 saturated heterocycles. The maximum atomic E-state index is 11.8. The predicted molar refractivity (Wildman–Crippen MR) is 69.3 cm³/mol. The van der Waals surface area contributed by atoms with Crippen LogP contribution in [0.3, 0.4) is 0 Å². The summed E-state index contributed by atoms with van der Waals surface area (Å²) in [5.74, 6) is 0.00725. The highest BCUT2D eigenvalue weighted by atomic mass is 32.1. The van der Waals surface area contributed by atoms with E-state index in [-0.39, 0.29) is 5.91 Å². The van der Waals surface area contributed by atoms with Gasteiger partial charge in [-0.25, -0.2) is 4.98 Å². The van der Waals surface area contributed by atoms with E-state index >= 15 is 0 Å². The molecule has 0 bridgehead atoms. The fraction of sp³-hybridized carbons (Fsp3) is 0.273. The van der Waals surface area contributed by atoms with Crippen molar-refractivity contribution in [3.05, 3.63) is 33.0 Å². The number of thiazole rings is 1. The molecule has 0 aromatic carbocycles. The first-order valence-electron chi connectivity index (χ1n) is 5.33. The Morgan fingerprint density at radius 1 is 1.53 bits per heavy atom. The second kappa shape index (κ2) is 4.56. The van der Waals surface area contributed by atoms with E-state index in [9.17, 15) is 4.79 Å². The summed E-state index contributed by atoms with van der Waals surface area (Å²) in [6.07, 6.45) is 0.431. The first kappa shape index (κ1) is 10.9. The van der Waals surface area contributed by atoms with Crippen LogP contribution in [-0.2, 0) is 24.3 Å². The van der Waals surface area contributed by atoms with Gasteiger partial charge in [0, 0.05) is 22.8 Å². The minimum atomic E-state index is 0.00725. The quantitative estimate of drug-likeness (QED) is 0.892. The van der Waals surface area contributed by atoms with Crippen molar-refractivity contribution in [3.63, 3.8) is 0 Å². The Morgan fingerprint density at radius 3 is 3.24 bits per heavy atom. The highest BCUT2D eigenvalue weighted by molar-refractivity contribution is 7.16. The molecule has 0 spiro atoms. The van der Waals surface area contributed by atoms with Crippen molar-refractivity contribution in [1.29, 1.82) is 0 Å². The van der Waals surface area contributed by atoms with Crippen LogP contribution < -0.4 is 10.6 Å². The van der Waals surface area contributed by atoms with Gasteiger partial charge in [-0.3, -0.25) is 4.79 Å². The molecular weight excluding hydrogens is 254 g/mol. The maximum absolute atomic E-state index is 11.8. The first-order chi connectivity index (χ1) is 8.31. The van der Waals surface area contributed by atoms with Crippen molar-refractivity contribution in [2.75, 3.05) is 5.32 Å². The average molecular weight is 265 g/mol. The molecule has 4 nitrogen and oxygen atoms in total. The van der Waals surface area contributed by atoms with Crippen LogP contribution in [0.25, 0.3) is 0 Å². The maximum Gasteiger partial charge on any atom is 0.231 e. The summed E-state index contributed by atoms with van der Waals surface area (Å²) >= 11 is 3.16. The first-order valence-corrected chi connectivity index (χ1v) is 7.02. The Labute approximate surface area is 107 Å². The van der Waals surface area contributed by atoms with E-state index in [0.29, 0.717) is 6.42 Å². The molecule has 0 atom stereocenters. The largest absolute Gasteiger partial charge is 0.306 e. The zero-order chi connectivity index (χ0) is 11.7. The highest BCUT2D eigenvalue weighted by Crippen LogP contribution is 2.26. The van der Waals surface area contributed by atoms with Gasteiger partial charge in [-0.05, 0) is 11.4 Å². The summed E-state index contributed by atoms with van der Waals surface area (Å²) in [7, 11) is 0. The van der Waals surface area contributed by atoms with E-state index in [1.54, 1.807) is 22.7 Å². The summed E-state index contributed by atoms with van der Waals surface area (Å²) in [6.45, 7) is 1.68. The molecule has 1 amide bonds. The van der Waals surface area contributed by atoms with Crippen LogP contribution in [0.2, 0.25) is 0 Å². The van der Waals surface area contributed by atoms with E-state index < -0.39 is 0 Å². The molecule has 88 valence electrons. The number of hydrogen-bond donors (Lipinski definition) is 2. The molecule has 2 aromatic heterocycles. The van der Waals surface area contributed by atoms with Crippen LogP contribution in [0.15, 0.2) is 17.5 Å². The topological polar surface area (TPSA) is 54.0 Å². The Kier molecular flexibility index (Phi) is 2.92. The molecular formula is C11H11N3OS2. The third kappa shape index (κ3) is 2.38. The number of carbonyl (C=O) groups excluding carboxylic acids is 1. The fourth-order valence-corrected chi connectivity index (χ4v) is 3.41. The second-order valence-corrected chi connectivity index (χ2v) is 5.91. The van der Waals surface area contributed by atoms with Gasteiger partial charge in [0.25, 0.3) is 0 Å². The predicted octanol–water partition coefficient (Wildman–Crippen LogP) is 1.99. The van der Waals surface area contributed by atoms with Crippen molar-refractivity contribution >= 4 is 33.7 Å². The van der Waals surface area contributed by atoms with Gasteiger partial charge in [-0.15, -0.1) is 22.7 Å². The van der Waals surface area contributed by atoms with Gasteiger partial charge < -0.3 is 10.6 Å². The van der Waals surface area contributed by atoms with Crippen molar-refractivity contribution in [2.24, 2.45) is 0 Å². The summed E-state index contributed by atoms with van der Waals surface area (Å²) in [5.41, 5.74) is 1.07. The number of amides is 1. The van der Waals surface area contributed by atoms with Gasteiger partial charge in [0.05, 0.1) is 12.1 Å². The molecule has 1 aliphatic heterocycles. The number of nitrogens with zero attached hydrogens (tertiary/aromatic N) is 1. The van der Waals surface area contributed by atoms with E-state index in [2.05, 4.69) is 15.6 Å². The average Bonchev–Trinajstić information content (AvgIpc) is 2.92. The van der Waals surface area contributed by atoms with Crippen LogP contribution in [0.4, 0.5) is 5.13 Å². The third-order valence-electron chi connectivity index (χ3n) is 2.52. The molecule has 0 radical (unpaired) electrons. The molecule has 0 aliphatic carbocycles. The number of carbonyl (C=O) groups is 1. The van der Waals surface area contributed by atoms with Gasteiger partial charge in [0.2, 0.25) is 5.91 Å². The number of fused-ring (bicyclic) bond motifs is 1. The van der Waals surface area contributed by atoms with E-state index in [4.69, 9.17) is 0 Å². The van der Waals surface area contributed by atoms with Crippen LogP contribution in [0.5, 0.6) is 0 Å². The lowest BCUT2D eigenvalue weighted by atomic mass is 10.3. The molecule has 2 N–H and O–H groups in total. The smallest absolute Gasteiger partial charge is 0.231 e. The summed E-state index contributed by atoms with van der Waals surface area (Å²) in [6, 6.07) is 3.92. The fourth-order valence-electron chi connectivity index (χ4n) is 1.74. The number of hydrogen-bond acceptors (Lipinski definition) is 5. The molecule has 2 aromatic rings. The van der Waals surface area contributed by atoms with Crippen LogP contribution >= 0.6 is 22.7 Å². The third-order valence-corrected chi connectivity index (χ3v) is 4.41. The molecule has 0 unspecified atom stereocenters. The highest BCUT2D eigenvalue weighted by Gasteiger charge is 2.17. The summed E-state index contributed by atoms with van der Waals surface area (Å²) < 4.78 is 0. The Hall–Kier alpha value is -1.24. The monoisotopic (exact) mass is 265 g/mol. The van der Waals surface area contributed by atoms with Crippen LogP contribution in [0, 0.1) is 0 Å². The summed E-state index contributed by atoms with van der Waals surface area (Å²) in [5, 5.41) is 8.78. The van der Waals surface area contributed by atoms with Gasteiger partial charge >= 0.3 is 0 Å². The minimum Gasteiger partial charge on any atom is -0.306 e. The minimum absolute atomic E-state index is 0.00725. The molecule has 0 fully saturated rings. The molecule has 1 aliphatic rings. The van der Waals surface area contributed by atoms with Crippen molar-refractivity contribution in [3.8, 4) is 0 Å². The lowest BCUT2D eigenvalue weighted by molar-refractivity contribution is -0.115. The van der Waals surface area contributed by atoms with Gasteiger partial charge in [-0.1, -0.05) is 6.07 Å². The zero-order valence-electron chi connectivity index (χ0n) is 9.03. The van der Waals surface area contributed by atoms with Gasteiger partial charge in [-0.2, -0.15) is 0 Å². The molecule has 3 rings (SSSR count). The lowest BCUT2D eigenvalue weighted by Crippen LogP contribution is -2.13. The van der Waals surface area contributed by atoms with Gasteiger partial charge in [0.15, 0.2) is 5.13 Å². The van der Waals surface area contributed by atoms with Crippen molar-refractivity contribution in [2.45, 2.75) is 19.5 Å². The Balaban J connectivity index is 1.64. The lowest BCUT2D eigenvalue weighted by Gasteiger charge is -1.99. The Morgan fingerprint density at radius 2 is 2.47 bits per heavy atom. The zero-order valence-corrected chi connectivity index (χ0v) is 10.7. The number of nitrogens with one attached hydrogen (secondary N) is 2.